The predicted molar refractivity (Wildman–Crippen MR) is 124 cm³/mol. The lowest BCUT2D eigenvalue weighted by atomic mass is 9.96. The van der Waals surface area contributed by atoms with Crippen molar-refractivity contribution in [3.8, 4) is 0 Å². The molecule has 1 aromatic carbocycles. The standard InChI is InChI=1S/C24H32FN3O3S/c1-31-14-13-27(24(30)26-21-6-3-2-4-7-21)18-23(29)28(17-22-8-5-15-32-22)16-19-9-11-20(25)12-10-19/h5,8-12,15,21H,2-4,6-7,13-14,16-18H2,1H3,(H,26,30). The Bertz CT molecular complexity index is 839. The zero-order valence-corrected chi connectivity index (χ0v) is 19.4. The number of hydrogen-bond acceptors (Lipinski definition) is 4. The molecule has 3 amide bonds. The van der Waals surface area contributed by atoms with Gasteiger partial charge in [0.15, 0.2) is 0 Å². The number of urea groups is 1. The van der Waals surface area contributed by atoms with Gasteiger partial charge in [-0.2, -0.15) is 0 Å². The molecule has 0 radical (unpaired) electrons. The Morgan fingerprint density at radius 2 is 1.84 bits per heavy atom. The summed E-state index contributed by atoms with van der Waals surface area (Å²) in [6.07, 6.45) is 5.40. The number of thiophene rings is 1. The van der Waals surface area contributed by atoms with E-state index in [0.29, 0.717) is 26.2 Å². The minimum atomic E-state index is -0.310. The summed E-state index contributed by atoms with van der Waals surface area (Å²) in [6, 6.07) is 10.0. The highest BCUT2D eigenvalue weighted by molar-refractivity contribution is 7.09. The molecule has 1 aliphatic carbocycles. The first-order valence-corrected chi connectivity index (χ1v) is 12.0. The van der Waals surface area contributed by atoms with Crippen LogP contribution in [-0.2, 0) is 22.6 Å². The lowest BCUT2D eigenvalue weighted by Crippen LogP contribution is -2.50. The van der Waals surface area contributed by atoms with E-state index in [0.717, 1.165) is 36.1 Å². The lowest BCUT2D eigenvalue weighted by molar-refractivity contribution is -0.133. The van der Waals surface area contributed by atoms with Gasteiger partial charge in [0.05, 0.1) is 13.2 Å². The van der Waals surface area contributed by atoms with E-state index in [1.54, 1.807) is 35.5 Å². The van der Waals surface area contributed by atoms with E-state index >= 15 is 0 Å². The maximum Gasteiger partial charge on any atom is 0.318 e. The highest BCUT2D eigenvalue weighted by atomic mass is 32.1. The third-order valence-electron chi connectivity index (χ3n) is 5.68. The Balaban J connectivity index is 1.69. The number of nitrogens with zero attached hydrogens (tertiary/aromatic N) is 2. The van der Waals surface area contributed by atoms with Crippen LogP contribution < -0.4 is 5.32 Å². The van der Waals surface area contributed by atoms with Crippen LogP contribution in [0, 0.1) is 5.82 Å². The fraction of sp³-hybridized carbons (Fsp3) is 0.500. The van der Waals surface area contributed by atoms with E-state index in [9.17, 15) is 14.0 Å². The van der Waals surface area contributed by atoms with Gasteiger partial charge in [0.1, 0.15) is 12.4 Å². The van der Waals surface area contributed by atoms with Gasteiger partial charge in [0.25, 0.3) is 0 Å². The highest BCUT2D eigenvalue weighted by Gasteiger charge is 2.24. The summed E-state index contributed by atoms with van der Waals surface area (Å²) in [5, 5.41) is 5.07. The number of ether oxygens (including phenoxy) is 1. The molecule has 0 saturated heterocycles. The first-order valence-electron chi connectivity index (χ1n) is 11.1. The van der Waals surface area contributed by atoms with Crippen molar-refractivity contribution in [2.75, 3.05) is 26.8 Å². The molecule has 2 aromatic rings. The maximum absolute atomic E-state index is 13.3. The molecule has 0 spiro atoms. The molecule has 6 nitrogen and oxygen atoms in total. The molecular weight excluding hydrogens is 429 g/mol. The summed E-state index contributed by atoms with van der Waals surface area (Å²) in [5.41, 5.74) is 0.839. The summed E-state index contributed by atoms with van der Waals surface area (Å²) in [7, 11) is 1.58. The van der Waals surface area contributed by atoms with Crippen LogP contribution in [0.3, 0.4) is 0 Å². The monoisotopic (exact) mass is 461 g/mol. The molecule has 3 rings (SSSR count). The summed E-state index contributed by atoms with van der Waals surface area (Å²) in [4.78, 5) is 30.5. The van der Waals surface area contributed by atoms with E-state index < -0.39 is 0 Å². The van der Waals surface area contributed by atoms with Crippen molar-refractivity contribution in [3.63, 3.8) is 0 Å². The number of nitrogens with one attached hydrogen (secondary N) is 1. The van der Waals surface area contributed by atoms with Crippen LogP contribution >= 0.6 is 11.3 Å². The lowest BCUT2D eigenvalue weighted by Gasteiger charge is -2.30. The van der Waals surface area contributed by atoms with Crippen molar-refractivity contribution in [1.29, 1.82) is 0 Å². The van der Waals surface area contributed by atoms with E-state index in [-0.39, 0.29) is 30.3 Å². The molecule has 174 valence electrons. The Hall–Kier alpha value is -2.45. The van der Waals surface area contributed by atoms with E-state index in [1.807, 2.05) is 17.5 Å². The minimum absolute atomic E-state index is 0.0333. The van der Waals surface area contributed by atoms with Crippen molar-refractivity contribution in [1.82, 2.24) is 15.1 Å². The molecule has 1 fully saturated rings. The Labute approximate surface area is 193 Å². The second kappa shape index (κ2) is 12.6. The van der Waals surface area contributed by atoms with Crippen molar-refractivity contribution in [3.05, 3.63) is 58.0 Å². The van der Waals surface area contributed by atoms with Gasteiger partial charge in [-0.1, -0.05) is 37.5 Å². The van der Waals surface area contributed by atoms with Gasteiger partial charge in [0, 0.05) is 31.1 Å². The van der Waals surface area contributed by atoms with Gasteiger partial charge in [-0.3, -0.25) is 4.79 Å². The first kappa shape index (κ1) is 24.2. The molecule has 1 N–H and O–H groups in total. The maximum atomic E-state index is 13.3. The number of rotatable bonds is 10. The SMILES string of the molecule is COCCN(CC(=O)N(Cc1ccc(F)cc1)Cc1cccs1)C(=O)NC1CCCCC1. The Morgan fingerprint density at radius 1 is 1.09 bits per heavy atom. The molecule has 1 aliphatic rings. The average Bonchev–Trinajstić information content (AvgIpc) is 3.31. The van der Waals surface area contributed by atoms with Crippen molar-refractivity contribution in [2.45, 2.75) is 51.2 Å². The number of methoxy groups -OCH3 is 1. The van der Waals surface area contributed by atoms with Gasteiger partial charge in [-0.25, -0.2) is 9.18 Å². The Morgan fingerprint density at radius 3 is 2.50 bits per heavy atom. The van der Waals surface area contributed by atoms with Gasteiger partial charge in [0.2, 0.25) is 5.91 Å². The second-order valence-electron chi connectivity index (χ2n) is 8.15. The fourth-order valence-corrected chi connectivity index (χ4v) is 4.58. The highest BCUT2D eigenvalue weighted by Crippen LogP contribution is 2.18. The number of hydrogen-bond donors (Lipinski definition) is 1. The zero-order valence-electron chi connectivity index (χ0n) is 18.6. The molecule has 1 saturated carbocycles. The summed E-state index contributed by atoms with van der Waals surface area (Å²) in [5.74, 6) is -0.465. The normalized spacial score (nSPS) is 14.2. The Kier molecular flexibility index (Phi) is 9.49. The smallest absolute Gasteiger partial charge is 0.318 e. The van der Waals surface area contributed by atoms with Crippen LogP contribution in [0.25, 0.3) is 0 Å². The average molecular weight is 462 g/mol. The zero-order chi connectivity index (χ0) is 22.8. The quantitative estimate of drug-likeness (QED) is 0.570. The van der Waals surface area contributed by atoms with Crippen LogP contribution in [0.5, 0.6) is 0 Å². The van der Waals surface area contributed by atoms with Crippen LogP contribution in [-0.4, -0.2) is 54.6 Å². The number of carbonyl (C=O) groups excluding carboxylic acids is 2. The first-order chi connectivity index (χ1) is 15.5. The molecule has 0 bridgehead atoms. The van der Waals surface area contributed by atoms with Gasteiger partial charge < -0.3 is 19.9 Å². The van der Waals surface area contributed by atoms with E-state index in [4.69, 9.17) is 4.74 Å². The van der Waals surface area contributed by atoms with Gasteiger partial charge in [-0.15, -0.1) is 11.3 Å². The molecule has 0 aliphatic heterocycles. The molecule has 1 aromatic heterocycles. The van der Waals surface area contributed by atoms with Crippen LogP contribution in [0.2, 0.25) is 0 Å². The molecule has 1 heterocycles. The fourth-order valence-electron chi connectivity index (χ4n) is 3.86. The number of benzene rings is 1. The van der Waals surface area contributed by atoms with Crippen LogP contribution in [0.1, 0.15) is 42.5 Å². The van der Waals surface area contributed by atoms with E-state index in [2.05, 4.69) is 5.32 Å². The topological polar surface area (TPSA) is 61.9 Å². The minimum Gasteiger partial charge on any atom is -0.383 e. The summed E-state index contributed by atoms with van der Waals surface area (Å²) < 4.78 is 18.5. The van der Waals surface area contributed by atoms with E-state index in [1.165, 1.54) is 23.5 Å². The number of halogens is 1. The van der Waals surface area contributed by atoms with Crippen molar-refractivity contribution < 1.29 is 18.7 Å². The summed E-state index contributed by atoms with van der Waals surface area (Å²) in [6.45, 7) is 1.45. The molecule has 32 heavy (non-hydrogen) atoms. The van der Waals surface area contributed by atoms with Gasteiger partial charge >= 0.3 is 6.03 Å². The van der Waals surface area contributed by atoms with Crippen molar-refractivity contribution >= 4 is 23.3 Å². The van der Waals surface area contributed by atoms with Crippen molar-refractivity contribution in [2.24, 2.45) is 0 Å². The predicted octanol–water partition coefficient (Wildman–Crippen LogP) is 4.41. The number of carbonyl (C=O) groups is 2. The van der Waals surface area contributed by atoms with Crippen LogP contribution in [0.15, 0.2) is 41.8 Å². The third-order valence-corrected chi connectivity index (χ3v) is 6.54. The number of amides is 3. The molecule has 8 heteroatoms. The largest absolute Gasteiger partial charge is 0.383 e. The summed E-state index contributed by atoms with van der Waals surface area (Å²) >= 11 is 1.58. The molecular formula is C24H32FN3O3S. The second-order valence-corrected chi connectivity index (χ2v) is 9.19. The van der Waals surface area contributed by atoms with Gasteiger partial charge in [-0.05, 0) is 42.0 Å². The third kappa shape index (κ3) is 7.60. The van der Waals surface area contributed by atoms with Crippen LogP contribution in [0.4, 0.5) is 9.18 Å². The molecule has 0 atom stereocenters. The molecule has 0 unspecified atom stereocenters.